The highest BCUT2D eigenvalue weighted by molar-refractivity contribution is 7.07. The van der Waals surface area contributed by atoms with Crippen molar-refractivity contribution in [3.63, 3.8) is 0 Å². The van der Waals surface area contributed by atoms with Crippen molar-refractivity contribution < 1.29 is 8.78 Å². The van der Waals surface area contributed by atoms with Crippen molar-refractivity contribution in [2.45, 2.75) is 19.4 Å². The molecule has 0 radical (unpaired) electrons. The lowest BCUT2D eigenvalue weighted by Crippen LogP contribution is -2.30. The molecule has 0 fully saturated rings. The molecule has 3 N–H and O–H groups in total. The number of hydrogen-bond donors (Lipinski definition) is 2. The van der Waals surface area contributed by atoms with E-state index in [-0.39, 0.29) is 6.04 Å². The van der Waals surface area contributed by atoms with Crippen LogP contribution in [0.25, 0.3) is 0 Å². The maximum Gasteiger partial charge on any atom is 0.130 e. The fraction of sp³-hybridized carbons (Fsp3) is 0.231. The van der Waals surface area contributed by atoms with Crippen LogP contribution < -0.4 is 11.3 Å². The molecular weight excluding hydrogens is 254 g/mol. The number of thiophene rings is 1. The van der Waals surface area contributed by atoms with Gasteiger partial charge in [-0.2, -0.15) is 11.3 Å². The Morgan fingerprint density at radius 2 is 2.11 bits per heavy atom. The van der Waals surface area contributed by atoms with E-state index in [4.69, 9.17) is 5.84 Å². The second-order valence-corrected chi connectivity index (χ2v) is 4.96. The third-order valence-corrected chi connectivity index (χ3v) is 3.61. The Bertz CT molecular complexity index is 526. The van der Waals surface area contributed by atoms with Gasteiger partial charge in [0, 0.05) is 11.6 Å². The van der Waals surface area contributed by atoms with Crippen molar-refractivity contribution in [3.05, 3.63) is 57.3 Å². The monoisotopic (exact) mass is 268 g/mol. The SMILES string of the molecule is Cc1cc(C(Cc2ccsc2)NN)c(F)cc1F. The van der Waals surface area contributed by atoms with Gasteiger partial charge in [-0.15, -0.1) is 0 Å². The zero-order chi connectivity index (χ0) is 13.1. The van der Waals surface area contributed by atoms with Crippen LogP contribution >= 0.6 is 11.3 Å². The van der Waals surface area contributed by atoms with E-state index in [1.54, 1.807) is 18.3 Å². The van der Waals surface area contributed by atoms with Gasteiger partial charge < -0.3 is 0 Å². The van der Waals surface area contributed by atoms with Crippen molar-refractivity contribution in [2.75, 3.05) is 0 Å². The highest BCUT2D eigenvalue weighted by Gasteiger charge is 2.17. The van der Waals surface area contributed by atoms with Gasteiger partial charge >= 0.3 is 0 Å². The number of nitrogens with two attached hydrogens (primary N) is 1. The summed E-state index contributed by atoms with van der Waals surface area (Å²) in [5.74, 6) is 4.36. The molecule has 96 valence electrons. The molecule has 2 nitrogen and oxygen atoms in total. The third kappa shape index (κ3) is 2.75. The second-order valence-electron chi connectivity index (χ2n) is 4.18. The highest BCUT2D eigenvalue weighted by atomic mass is 32.1. The van der Waals surface area contributed by atoms with Crippen molar-refractivity contribution >= 4 is 11.3 Å². The average Bonchev–Trinajstić information content (AvgIpc) is 2.84. The number of halogens is 2. The molecule has 0 aliphatic heterocycles. The van der Waals surface area contributed by atoms with Crippen LogP contribution in [0, 0.1) is 18.6 Å². The molecule has 1 aromatic heterocycles. The Morgan fingerprint density at radius 1 is 1.33 bits per heavy atom. The quantitative estimate of drug-likeness (QED) is 0.660. The Labute approximate surface area is 108 Å². The maximum atomic E-state index is 13.8. The molecule has 1 heterocycles. The minimum absolute atomic E-state index is 0.362. The Kier molecular flexibility index (Phi) is 4.06. The van der Waals surface area contributed by atoms with E-state index in [0.29, 0.717) is 17.5 Å². The summed E-state index contributed by atoms with van der Waals surface area (Å²) in [7, 11) is 0. The molecule has 1 unspecified atom stereocenters. The lowest BCUT2D eigenvalue weighted by molar-refractivity contribution is 0.501. The molecule has 0 aliphatic rings. The first-order chi connectivity index (χ1) is 8.61. The van der Waals surface area contributed by atoms with E-state index in [9.17, 15) is 8.78 Å². The molecule has 0 saturated heterocycles. The Hall–Kier alpha value is -1.30. The Morgan fingerprint density at radius 3 is 2.72 bits per heavy atom. The van der Waals surface area contributed by atoms with Crippen molar-refractivity contribution in [1.29, 1.82) is 0 Å². The lowest BCUT2D eigenvalue weighted by Gasteiger charge is -2.17. The lowest BCUT2D eigenvalue weighted by atomic mass is 9.98. The van der Waals surface area contributed by atoms with E-state index >= 15 is 0 Å². The van der Waals surface area contributed by atoms with Crippen molar-refractivity contribution in [3.8, 4) is 0 Å². The first kappa shape index (κ1) is 13.1. The molecule has 0 bridgehead atoms. The smallest absolute Gasteiger partial charge is 0.130 e. The summed E-state index contributed by atoms with van der Waals surface area (Å²) >= 11 is 1.57. The Balaban J connectivity index is 2.30. The van der Waals surface area contributed by atoms with E-state index < -0.39 is 11.6 Å². The van der Waals surface area contributed by atoms with Gasteiger partial charge in [0.15, 0.2) is 0 Å². The van der Waals surface area contributed by atoms with Gasteiger partial charge in [-0.25, -0.2) is 8.78 Å². The van der Waals surface area contributed by atoms with E-state index in [2.05, 4.69) is 5.43 Å². The topological polar surface area (TPSA) is 38.0 Å². The number of aryl methyl sites for hydroxylation is 1. The van der Waals surface area contributed by atoms with E-state index in [0.717, 1.165) is 11.6 Å². The van der Waals surface area contributed by atoms with Crippen LogP contribution in [0.1, 0.15) is 22.7 Å². The van der Waals surface area contributed by atoms with Crippen LogP contribution in [0.3, 0.4) is 0 Å². The molecule has 0 amide bonds. The molecule has 18 heavy (non-hydrogen) atoms. The minimum Gasteiger partial charge on any atom is -0.271 e. The standard InChI is InChI=1S/C13H14F2N2S/c1-8-4-10(12(15)6-11(8)14)13(17-16)5-9-2-3-18-7-9/h2-4,6-7,13,17H,5,16H2,1H3. The summed E-state index contributed by atoms with van der Waals surface area (Å²) < 4.78 is 27.0. The summed E-state index contributed by atoms with van der Waals surface area (Å²) in [5.41, 5.74) is 4.46. The summed E-state index contributed by atoms with van der Waals surface area (Å²) in [4.78, 5) is 0. The van der Waals surface area contributed by atoms with Crippen molar-refractivity contribution in [1.82, 2.24) is 5.43 Å². The fourth-order valence-corrected chi connectivity index (χ4v) is 2.53. The first-order valence-electron chi connectivity index (χ1n) is 5.54. The zero-order valence-corrected chi connectivity index (χ0v) is 10.7. The number of benzene rings is 1. The normalized spacial score (nSPS) is 12.7. The predicted octanol–water partition coefficient (Wildman–Crippen LogP) is 3.08. The van der Waals surface area contributed by atoms with Crippen LogP contribution in [-0.4, -0.2) is 0 Å². The van der Waals surface area contributed by atoms with Crippen LogP contribution in [-0.2, 0) is 6.42 Å². The molecule has 0 aliphatic carbocycles. The van der Waals surface area contributed by atoms with E-state index in [1.807, 2.05) is 16.8 Å². The molecular formula is C13H14F2N2S. The molecule has 1 atom stereocenters. The van der Waals surface area contributed by atoms with Gasteiger partial charge in [0.25, 0.3) is 0 Å². The minimum atomic E-state index is -0.573. The summed E-state index contributed by atoms with van der Waals surface area (Å²) in [6.45, 7) is 1.61. The highest BCUT2D eigenvalue weighted by Crippen LogP contribution is 2.24. The second kappa shape index (κ2) is 5.56. The summed E-state index contributed by atoms with van der Waals surface area (Å²) in [5, 5.41) is 3.94. The summed E-state index contributed by atoms with van der Waals surface area (Å²) in [6.07, 6.45) is 0.571. The van der Waals surface area contributed by atoms with Crippen molar-refractivity contribution in [2.24, 2.45) is 5.84 Å². The number of rotatable bonds is 4. The molecule has 2 aromatic rings. The predicted molar refractivity (Wildman–Crippen MR) is 69.2 cm³/mol. The number of nitrogens with one attached hydrogen (secondary N) is 1. The summed E-state index contributed by atoms with van der Waals surface area (Å²) in [6, 6.07) is 4.01. The van der Waals surface area contributed by atoms with Crippen LogP contribution in [0.5, 0.6) is 0 Å². The van der Waals surface area contributed by atoms with Gasteiger partial charge in [0.2, 0.25) is 0 Å². The third-order valence-electron chi connectivity index (χ3n) is 2.87. The number of hydrazine groups is 1. The van der Waals surface area contributed by atoms with Gasteiger partial charge in [-0.3, -0.25) is 11.3 Å². The zero-order valence-electron chi connectivity index (χ0n) is 9.91. The van der Waals surface area contributed by atoms with Crippen LogP contribution in [0.15, 0.2) is 29.0 Å². The molecule has 0 spiro atoms. The average molecular weight is 268 g/mol. The van der Waals surface area contributed by atoms with Gasteiger partial charge in [0.1, 0.15) is 11.6 Å². The van der Waals surface area contributed by atoms with Gasteiger partial charge in [-0.1, -0.05) is 0 Å². The van der Waals surface area contributed by atoms with Crippen LogP contribution in [0.4, 0.5) is 8.78 Å². The maximum absolute atomic E-state index is 13.8. The van der Waals surface area contributed by atoms with Gasteiger partial charge in [-0.05, 0) is 47.4 Å². The molecule has 1 aromatic carbocycles. The molecule has 0 saturated carbocycles. The molecule has 2 rings (SSSR count). The first-order valence-corrected chi connectivity index (χ1v) is 6.49. The van der Waals surface area contributed by atoms with Crippen LogP contribution in [0.2, 0.25) is 0 Å². The van der Waals surface area contributed by atoms with Gasteiger partial charge in [0.05, 0.1) is 6.04 Å². The number of hydrogen-bond acceptors (Lipinski definition) is 3. The largest absolute Gasteiger partial charge is 0.271 e. The molecule has 5 heteroatoms. The van der Waals surface area contributed by atoms with E-state index in [1.165, 1.54) is 6.07 Å². The fourth-order valence-electron chi connectivity index (χ4n) is 1.85.